The summed E-state index contributed by atoms with van der Waals surface area (Å²) in [4.78, 5) is 2.25. The topological polar surface area (TPSA) is 48.8 Å². The molecule has 0 aliphatic heterocycles. The SMILES string of the molecule is [CH2-]N=[N+]=[N-].[CH3-].[Y]. The van der Waals surface area contributed by atoms with E-state index in [9.17, 15) is 0 Å². The molecule has 0 heterocycles. The molecule has 0 saturated heterocycles. The van der Waals surface area contributed by atoms with Crippen LogP contribution in [0.1, 0.15) is 0 Å². The van der Waals surface area contributed by atoms with Gasteiger partial charge in [-0.1, -0.05) is 0 Å². The molecule has 6 heavy (non-hydrogen) atoms. The van der Waals surface area contributed by atoms with E-state index in [1.807, 2.05) is 0 Å². The van der Waals surface area contributed by atoms with E-state index < -0.39 is 0 Å². The Morgan fingerprint density at radius 3 is 1.83 bits per heavy atom. The van der Waals surface area contributed by atoms with Gasteiger partial charge in [-0.25, -0.2) is 0 Å². The van der Waals surface area contributed by atoms with Gasteiger partial charge < -0.3 is 14.5 Å². The van der Waals surface area contributed by atoms with Crippen LogP contribution in [-0.4, -0.2) is 0 Å². The minimum Gasteiger partial charge on any atom is -0.358 e. The van der Waals surface area contributed by atoms with Crippen LogP contribution in [-0.2, 0) is 32.7 Å². The first kappa shape index (κ1) is 16.3. The van der Waals surface area contributed by atoms with Crippen LogP contribution in [0, 0.1) is 14.5 Å². The predicted molar refractivity (Wildman–Crippen MR) is 20.9 cm³/mol. The summed E-state index contributed by atoms with van der Waals surface area (Å²) in [6.07, 6.45) is 0. The van der Waals surface area contributed by atoms with E-state index in [2.05, 4.69) is 17.1 Å². The standard InChI is InChI=1S/CH2N3.CH3.Y/c1-3-4-2;;/h1H2;1H3;/q2*-1;. The minimum atomic E-state index is 0. The first-order chi connectivity index (χ1) is 1.91. The molecular formula is C2H5N3Y-2. The van der Waals surface area contributed by atoms with Crippen molar-refractivity contribution in [3.05, 3.63) is 24.9 Å². The quantitative estimate of drug-likeness (QED) is 0.223. The van der Waals surface area contributed by atoms with Crippen molar-refractivity contribution in [2.75, 3.05) is 0 Å². The summed E-state index contributed by atoms with van der Waals surface area (Å²) in [5, 5.41) is 2.67. The molecule has 0 atom stereocenters. The van der Waals surface area contributed by atoms with E-state index in [1.54, 1.807) is 0 Å². The van der Waals surface area contributed by atoms with Crippen LogP contribution in [0.15, 0.2) is 5.11 Å². The van der Waals surface area contributed by atoms with Crippen molar-refractivity contribution in [3.8, 4) is 0 Å². The molecule has 0 rings (SSSR count). The molecule has 1 radical (unpaired) electrons. The fraction of sp³-hybridized carbons (Fsp3) is 0. The monoisotopic (exact) mass is 160 g/mol. The summed E-state index contributed by atoms with van der Waals surface area (Å²) in [6.45, 7) is 0. The Morgan fingerprint density at radius 2 is 1.83 bits per heavy atom. The Balaban J connectivity index is -0.0000000450. The van der Waals surface area contributed by atoms with Crippen molar-refractivity contribution in [2.24, 2.45) is 5.11 Å². The molecule has 0 fully saturated rings. The molecule has 3 nitrogen and oxygen atoms in total. The van der Waals surface area contributed by atoms with Crippen LogP contribution in [0.3, 0.4) is 0 Å². The molecule has 0 aromatic heterocycles. The smallest absolute Gasteiger partial charge is 0 e. The maximum atomic E-state index is 7.27. The summed E-state index contributed by atoms with van der Waals surface area (Å²) in [6, 6.07) is 0. The van der Waals surface area contributed by atoms with E-state index in [0.29, 0.717) is 0 Å². The minimum absolute atomic E-state index is 0. The summed E-state index contributed by atoms with van der Waals surface area (Å²) in [5.41, 5.74) is 7.27. The maximum Gasteiger partial charge on any atom is 0 e. The summed E-state index contributed by atoms with van der Waals surface area (Å²) < 4.78 is 0. The molecule has 0 amide bonds. The molecule has 33 valence electrons. The van der Waals surface area contributed by atoms with E-state index in [-0.39, 0.29) is 40.1 Å². The number of hydrogen-bond donors (Lipinski definition) is 0. The van der Waals surface area contributed by atoms with Crippen LogP contribution in [0.2, 0.25) is 0 Å². The Kier molecular flexibility index (Phi) is 50.4. The van der Waals surface area contributed by atoms with Gasteiger partial charge in [0, 0.05) is 32.7 Å². The van der Waals surface area contributed by atoms with Crippen LogP contribution in [0.25, 0.3) is 10.4 Å². The van der Waals surface area contributed by atoms with Gasteiger partial charge in [0.15, 0.2) is 0 Å². The van der Waals surface area contributed by atoms with Gasteiger partial charge in [-0.2, -0.15) is 0 Å². The van der Waals surface area contributed by atoms with Crippen molar-refractivity contribution >= 4 is 0 Å². The molecule has 4 heteroatoms. The van der Waals surface area contributed by atoms with Gasteiger partial charge in [-0.15, -0.1) is 0 Å². The Bertz CT molecular complexity index is 46.8. The van der Waals surface area contributed by atoms with Crippen LogP contribution in [0.4, 0.5) is 0 Å². The Morgan fingerprint density at radius 1 is 1.67 bits per heavy atom. The van der Waals surface area contributed by atoms with E-state index in [0.717, 1.165) is 0 Å². The van der Waals surface area contributed by atoms with E-state index in [1.165, 1.54) is 0 Å². The summed E-state index contributed by atoms with van der Waals surface area (Å²) in [5.74, 6) is 0. The third-order valence-electron chi connectivity index (χ3n) is 0.0632. The first-order valence-corrected chi connectivity index (χ1v) is 0.716. The van der Waals surface area contributed by atoms with Gasteiger partial charge in [0.1, 0.15) is 0 Å². The Hall–Kier alpha value is 0.284. The molecule has 0 N–H and O–H groups in total. The van der Waals surface area contributed by atoms with Crippen molar-refractivity contribution in [1.29, 1.82) is 0 Å². The van der Waals surface area contributed by atoms with Crippen molar-refractivity contribution in [1.82, 2.24) is 0 Å². The predicted octanol–water partition coefficient (Wildman–Crippen LogP) is 1.54. The summed E-state index contributed by atoms with van der Waals surface area (Å²) in [7, 11) is 2.81. The van der Waals surface area contributed by atoms with Crippen LogP contribution < -0.4 is 0 Å². The maximum absolute atomic E-state index is 7.27. The second-order valence-electron chi connectivity index (χ2n) is 0.231. The van der Waals surface area contributed by atoms with E-state index >= 15 is 0 Å². The van der Waals surface area contributed by atoms with Gasteiger partial charge in [0.05, 0.1) is 0 Å². The summed E-state index contributed by atoms with van der Waals surface area (Å²) >= 11 is 0. The normalized spacial score (nSPS) is 2.67. The molecule has 0 saturated carbocycles. The second kappa shape index (κ2) is 18.6. The third kappa shape index (κ3) is 28.0. The molecule has 0 aliphatic carbocycles. The zero-order valence-corrected chi connectivity index (χ0v) is 6.46. The first-order valence-electron chi connectivity index (χ1n) is 0.716. The number of rotatable bonds is 0. The molecule has 0 unspecified atom stereocenters. The van der Waals surface area contributed by atoms with Gasteiger partial charge in [-0.3, -0.25) is 5.11 Å². The third-order valence-corrected chi connectivity index (χ3v) is 0.0632. The molecule has 0 spiro atoms. The largest absolute Gasteiger partial charge is 0.358 e. The molecule has 0 bridgehead atoms. The van der Waals surface area contributed by atoms with Crippen molar-refractivity contribution in [3.63, 3.8) is 0 Å². The molecule has 0 aliphatic rings. The number of azide groups is 1. The van der Waals surface area contributed by atoms with Gasteiger partial charge in [0.2, 0.25) is 0 Å². The van der Waals surface area contributed by atoms with E-state index in [4.69, 9.17) is 5.53 Å². The average molecular weight is 160 g/mol. The Labute approximate surface area is 62.6 Å². The number of nitrogens with zero attached hydrogens (tertiary/aromatic N) is 3. The van der Waals surface area contributed by atoms with Crippen LogP contribution >= 0.6 is 0 Å². The zero-order chi connectivity index (χ0) is 3.41. The number of hydrogen-bond acceptors (Lipinski definition) is 1. The van der Waals surface area contributed by atoms with Gasteiger partial charge >= 0.3 is 0 Å². The van der Waals surface area contributed by atoms with Gasteiger partial charge in [-0.05, 0) is 10.4 Å². The molecular weight excluding hydrogens is 155 g/mol. The molecule has 0 aromatic carbocycles. The second-order valence-corrected chi connectivity index (χ2v) is 0.231. The van der Waals surface area contributed by atoms with Crippen molar-refractivity contribution in [2.45, 2.75) is 0 Å². The molecule has 0 aromatic rings. The van der Waals surface area contributed by atoms with Crippen LogP contribution in [0.5, 0.6) is 0 Å². The van der Waals surface area contributed by atoms with Gasteiger partial charge in [0.25, 0.3) is 0 Å². The fourth-order valence-corrected chi connectivity index (χ4v) is 0. The average Bonchev–Trinajstić information content (AvgIpc) is 1.37. The fourth-order valence-electron chi connectivity index (χ4n) is 0. The zero-order valence-electron chi connectivity index (χ0n) is 3.63. The van der Waals surface area contributed by atoms with Crippen molar-refractivity contribution < 1.29 is 32.7 Å².